The summed E-state index contributed by atoms with van der Waals surface area (Å²) >= 11 is 0. The van der Waals surface area contributed by atoms with Gasteiger partial charge in [-0.25, -0.2) is 0 Å². The van der Waals surface area contributed by atoms with Crippen molar-refractivity contribution in [1.29, 1.82) is 0 Å². The molecule has 5 nitrogen and oxygen atoms in total. The van der Waals surface area contributed by atoms with Gasteiger partial charge in [0.2, 0.25) is 0 Å². The molecule has 0 radical (unpaired) electrons. The smallest absolute Gasteiger partial charge is 0.273 e. The molecule has 0 fully saturated rings. The molecule has 0 saturated carbocycles. The van der Waals surface area contributed by atoms with E-state index in [1.54, 1.807) is 24.4 Å². The number of anilines is 1. The van der Waals surface area contributed by atoms with Gasteiger partial charge < -0.3 is 10.6 Å². The second-order valence-corrected chi connectivity index (χ2v) is 3.68. The predicted molar refractivity (Wildman–Crippen MR) is 61.6 cm³/mol. The molecular formula is C12H9N3O2. The van der Waals surface area contributed by atoms with Crippen LogP contribution in [0.25, 0.3) is 0 Å². The van der Waals surface area contributed by atoms with E-state index in [4.69, 9.17) is 0 Å². The van der Waals surface area contributed by atoms with Gasteiger partial charge in [0.1, 0.15) is 5.70 Å². The van der Waals surface area contributed by atoms with E-state index < -0.39 is 0 Å². The SMILES string of the molecule is O=C1NC=CN2C(=O)c3ccccc3NC=C12. The summed E-state index contributed by atoms with van der Waals surface area (Å²) in [5.74, 6) is -0.524. The quantitative estimate of drug-likeness (QED) is 0.695. The Morgan fingerprint density at radius 1 is 1.06 bits per heavy atom. The van der Waals surface area contributed by atoms with Crippen molar-refractivity contribution in [2.75, 3.05) is 5.32 Å². The Labute approximate surface area is 97.4 Å². The van der Waals surface area contributed by atoms with Crippen molar-refractivity contribution >= 4 is 17.5 Å². The van der Waals surface area contributed by atoms with Gasteiger partial charge in [0.15, 0.2) is 0 Å². The molecule has 2 N–H and O–H groups in total. The number of amides is 2. The molecule has 0 aromatic heterocycles. The van der Waals surface area contributed by atoms with Crippen molar-refractivity contribution in [3.63, 3.8) is 0 Å². The molecule has 0 atom stereocenters. The van der Waals surface area contributed by atoms with Crippen LogP contribution >= 0.6 is 0 Å². The second kappa shape index (κ2) is 3.48. The maximum absolute atomic E-state index is 12.2. The van der Waals surface area contributed by atoms with Gasteiger partial charge in [-0.1, -0.05) is 12.1 Å². The zero-order valence-corrected chi connectivity index (χ0v) is 8.81. The minimum Gasteiger partial charge on any atom is -0.359 e. The van der Waals surface area contributed by atoms with Crippen LogP contribution in [0, 0.1) is 0 Å². The van der Waals surface area contributed by atoms with E-state index in [0.717, 1.165) is 0 Å². The van der Waals surface area contributed by atoms with Crippen LogP contribution < -0.4 is 10.6 Å². The monoisotopic (exact) mass is 227 g/mol. The molecule has 17 heavy (non-hydrogen) atoms. The first-order chi connectivity index (χ1) is 8.27. The Bertz CT molecular complexity index is 575. The van der Waals surface area contributed by atoms with Gasteiger partial charge in [-0.15, -0.1) is 0 Å². The lowest BCUT2D eigenvalue weighted by molar-refractivity contribution is -0.118. The van der Waals surface area contributed by atoms with E-state index in [1.165, 1.54) is 17.3 Å². The molecule has 2 aliphatic rings. The van der Waals surface area contributed by atoms with Crippen LogP contribution in [0.1, 0.15) is 10.4 Å². The highest BCUT2D eigenvalue weighted by Gasteiger charge is 2.28. The van der Waals surface area contributed by atoms with Gasteiger partial charge >= 0.3 is 0 Å². The Morgan fingerprint density at radius 3 is 2.76 bits per heavy atom. The van der Waals surface area contributed by atoms with Crippen LogP contribution in [0.5, 0.6) is 0 Å². The highest BCUT2D eigenvalue weighted by atomic mass is 16.2. The summed E-state index contributed by atoms with van der Waals surface area (Å²) in [6.45, 7) is 0. The van der Waals surface area contributed by atoms with Crippen molar-refractivity contribution in [2.45, 2.75) is 0 Å². The van der Waals surface area contributed by atoms with Crippen molar-refractivity contribution in [3.8, 4) is 0 Å². The number of carbonyl (C=O) groups is 2. The average Bonchev–Trinajstić information content (AvgIpc) is 2.50. The lowest BCUT2D eigenvalue weighted by Crippen LogP contribution is -2.37. The summed E-state index contributed by atoms with van der Waals surface area (Å²) < 4.78 is 0. The topological polar surface area (TPSA) is 61.4 Å². The number of para-hydroxylation sites is 1. The fourth-order valence-electron chi connectivity index (χ4n) is 1.83. The van der Waals surface area contributed by atoms with E-state index in [2.05, 4.69) is 10.6 Å². The van der Waals surface area contributed by atoms with Gasteiger partial charge in [0.25, 0.3) is 11.8 Å². The molecule has 3 rings (SSSR count). The Hall–Kier alpha value is -2.56. The molecule has 1 aromatic rings. The van der Waals surface area contributed by atoms with Crippen molar-refractivity contribution in [3.05, 3.63) is 54.1 Å². The van der Waals surface area contributed by atoms with Crippen molar-refractivity contribution < 1.29 is 9.59 Å². The summed E-state index contributed by atoms with van der Waals surface area (Å²) in [7, 11) is 0. The molecule has 0 aliphatic carbocycles. The van der Waals surface area contributed by atoms with E-state index in [1.807, 2.05) is 6.07 Å². The molecule has 0 unspecified atom stereocenters. The Balaban J connectivity index is 2.16. The number of nitrogens with one attached hydrogen (secondary N) is 2. The molecule has 2 aliphatic heterocycles. The maximum atomic E-state index is 12.2. The Kier molecular flexibility index (Phi) is 1.98. The molecule has 2 heterocycles. The number of hydrogen-bond donors (Lipinski definition) is 2. The number of fused-ring (bicyclic) bond motifs is 2. The summed E-state index contributed by atoms with van der Waals surface area (Å²) in [4.78, 5) is 25.2. The minimum atomic E-state index is -0.304. The van der Waals surface area contributed by atoms with E-state index in [-0.39, 0.29) is 17.5 Å². The fourth-order valence-corrected chi connectivity index (χ4v) is 1.83. The lowest BCUT2D eigenvalue weighted by Gasteiger charge is -2.22. The van der Waals surface area contributed by atoms with Crippen LogP contribution in [0.4, 0.5) is 5.69 Å². The van der Waals surface area contributed by atoms with Crippen LogP contribution in [0.2, 0.25) is 0 Å². The zero-order valence-electron chi connectivity index (χ0n) is 8.81. The van der Waals surface area contributed by atoms with Crippen LogP contribution in [0.15, 0.2) is 48.6 Å². The average molecular weight is 227 g/mol. The third-order valence-electron chi connectivity index (χ3n) is 2.67. The minimum absolute atomic E-state index is 0.219. The molecular weight excluding hydrogens is 218 g/mol. The first-order valence-electron chi connectivity index (χ1n) is 5.14. The fraction of sp³-hybridized carbons (Fsp3) is 0. The molecule has 0 spiro atoms. The van der Waals surface area contributed by atoms with Gasteiger partial charge in [0, 0.05) is 18.6 Å². The number of hydrogen-bond acceptors (Lipinski definition) is 3. The number of nitrogens with zero attached hydrogens (tertiary/aromatic N) is 1. The standard InChI is InChI=1S/C12H9N3O2/c16-11-10-7-14-9-4-2-1-3-8(9)12(17)15(10)6-5-13-11/h1-7,14H,(H,13,16). The van der Waals surface area contributed by atoms with Gasteiger partial charge in [-0.2, -0.15) is 0 Å². The molecule has 0 bridgehead atoms. The first kappa shape index (κ1) is 9.65. The van der Waals surface area contributed by atoms with Crippen LogP contribution in [0.3, 0.4) is 0 Å². The van der Waals surface area contributed by atoms with Crippen LogP contribution in [-0.4, -0.2) is 16.7 Å². The van der Waals surface area contributed by atoms with E-state index in [9.17, 15) is 9.59 Å². The zero-order chi connectivity index (χ0) is 11.8. The highest BCUT2D eigenvalue weighted by molar-refractivity contribution is 6.08. The van der Waals surface area contributed by atoms with E-state index >= 15 is 0 Å². The summed E-state index contributed by atoms with van der Waals surface area (Å²) in [6.07, 6.45) is 4.52. The third-order valence-corrected chi connectivity index (χ3v) is 2.67. The summed E-state index contributed by atoms with van der Waals surface area (Å²) in [5, 5.41) is 5.50. The number of rotatable bonds is 0. The lowest BCUT2D eigenvalue weighted by atomic mass is 10.1. The van der Waals surface area contributed by atoms with Crippen LogP contribution in [-0.2, 0) is 4.79 Å². The number of benzene rings is 1. The molecule has 0 saturated heterocycles. The molecule has 1 aromatic carbocycles. The van der Waals surface area contributed by atoms with Gasteiger partial charge in [0.05, 0.1) is 11.3 Å². The first-order valence-corrected chi connectivity index (χ1v) is 5.14. The van der Waals surface area contributed by atoms with Crippen molar-refractivity contribution in [1.82, 2.24) is 10.2 Å². The summed E-state index contributed by atoms with van der Waals surface area (Å²) in [6, 6.07) is 7.14. The normalized spacial score (nSPS) is 17.4. The second-order valence-electron chi connectivity index (χ2n) is 3.68. The summed E-state index contributed by atoms with van der Waals surface area (Å²) in [5.41, 5.74) is 1.52. The highest BCUT2D eigenvalue weighted by Crippen LogP contribution is 2.24. The Morgan fingerprint density at radius 2 is 1.88 bits per heavy atom. The molecule has 2 amide bonds. The largest absolute Gasteiger partial charge is 0.359 e. The molecule has 84 valence electrons. The van der Waals surface area contributed by atoms with Gasteiger partial charge in [-0.3, -0.25) is 14.5 Å². The predicted octanol–water partition coefficient (Wildman–Crippen LogP) is 0.997. The van der Waals surface area contributed by atoms with Crippen molar-refractivity contribution in [2.24, 2.45) is 0 Å². The van der Waals surface area contributed by atoms with E-state index in [0.29, 0.717) is 11.3 Å². The maximum Gasteiger partial charge on any atom is 0.273 e. The molecule has 5 heteroatoms. The number of carbonyl (C=O) groups excluding carboxylic acids is 2. The van der Waals surface area contributed by atoms with Gasteiger partial charge in [-0.05, 0) is 12.1 Å². The third kappa shape index (κ3) is 1.40.